The van der Waals surface area contributed by atoms with Crippen LogP contribution in [-0.4, -0.2) is 58.3 Å². The fraction of sp³-hybridized carbons (Fsp3) is 0.381. The number of H-pyrrole nitrogens is 1. The molecule has 0 atom stereocenters. The predicted molar refractivity (Wildman–Crippen MR) is 112 cm³/mol. The van der Waals surface area contributed by atoms with Gasteiger partial charge in [-0.3, -0.25) is 9.20 Å². The summed E-state index contributed by atoms with van der Waals surface area (Å²) >= 11 is 0. The van der Waals surface area contributed by atoms with E-state index in [-0.39, 0.29) is 17.5 Å². The highest BCUT2D eigenvalue weighted by molar-refractivity contribution is 5.93. The van der Waals surface area contributed by atoms with Gasteiger partial charge in [-0.15, -0.1) is 0 Å². The molecule has 0 spiro atoms. The molecule has 9 nitrogen and oxygen atoms in total. The largest absolute Gasteiger partial charge is 0.351 e. The highest BCUT2D eigenvalue weighted by atomic mass is 16.2. The Labute approximate surface area is 172 Å². The molecule has 0 bridgehead atoms. The number of nitrogens with zero attached hydrogens (tertiary/aromatic N) is 6. The van der Waals surface area contributed by atoms with Gasteiger partial charge in [0.15, 0.2) is 0 Å². The predicted octanol–water partition coefficient (Wildman–Crippen LogP) is 2.62. The molecule has 2 aliphatic rings. The van der Waals surface area contributed by atoms with Gasteiger partial charge in [-0.05, 0) is 26.2 Å². The molecule has 1 aliphatic heterocycles. The van der Waals surface area contributed by atoms with Crippen molar-refractivity contribution in [3.8, 4) is 11.1 Å². The van der Waals surface area contributed by atoms with Crippen molar-refractivity contribution in [3.63, 3.8) is 0 Å². The maximum Gasteiger partial charge on any atom is 0.233 e. The van der Waals surface area contributed by atoms with E-state index in [9.17, 15) is 4.79 Å². The monoisotopic (exact) mass is 402 g/mol. The summed E-state index contributed by atoms with van der Waals surface area (Å²) in [6, 6.07) is 0.281. The SMILES string of the molecule is C[C@]1(N2CCCC2=O)C[C@H](Nc2ncc3c(-c4cnc5nccn5c4)c[nH]c3n2)C1. The van der Waals surface area contributed by atoms with Crippen LogP contribution in [-0.2, 0) is 4.79 Å². The molecule has 1 amide bonds. The lowest BCUT2D eigenvalue weighted by atomic mass is 9.73. The standard InChI is InChI=1S/C21H22N8O/c1-21(29-5-2-3-17(29)30)7-14(8-21)26-19-24-11-16-15(10-23-18(16)27-19)13-9-25-20-22-4-6-28(20)12-13/h4,6,9-12,14H,2-3,5,7-8H2,1H3,(H2,23,24,26,27)/t14-,21-. The number of hydrogen-bond donors (Lipinski definition) is 2. The lowest BCUT2D eigenvalue weighted by molar-refractivity contribution is -0.136. The van der Waals surface area contributed by atoms with Gasteiger partial charge in [-0.2, -0.15) is 4.98 Å². The smallest absolute Gasteiger partial charge is 0.233 e. The van der Waals surface area contributed by atoms with Crippen LogP contribution in [0.3, 0.4) is 0 Å². The highest BCUT2D eigenvalue weighted by Crippen LogP contribution is 2.41. The molecule has 9 heteroatoms. The molecule has 152 valence electrons. The van der Waals surface area contributed by atoms with Crippen LogP contribution in [0, 0.1) is 0 Å². The Balaban J connectivity index is 1.20. The van der Waals surface area contributed by atoms with E-state index in [0.717, 1.165) is 48.0 Å². The maximum absolute atomic E-state index is 12.1. The molecule has 1 saturated carbocycles. The van der Waals surface area contributed by atoms with Gasteiger partial charge in [0.2, 0.25) is 17.6 Å². The van der Waals surface area contributed by atoms with Gasteiger partial charge in [-0.25, -0.2) is 15.0 Å². The van der Waals surface area contributed by atoms with E-state index in [1.807, 2.05) is 35.4 Å². The van der Waals surface area contributed by atoms with Crippen LogP contribution < -0.4 is 5.32 Å². The second-order valence-electron chi connectivity index (χ2n) is 8.53. The van der Waals surface area contributed by atoms with Gasteiger partial charge in [0.25, 0.3) is 0 Å². The van der Waals surface area contributed by atoms with E-state index in [0.29, 0.717) is 18.1 Å². The van der Waals surface area contributed by atoms with Crippen LogP contribution in [0.5, 0.6) is 0 Å². The second-order valence-corrected chi connectivity index (χ2v) is 8.53. The fourth-order valence-corrected chi connectivity index (χ4v) is 4.90. The minimum Gasteiger partial charge on any atom is -0.351 e. The molecule has 0 radical (unpaired) electrons. The normalized spacial score (nSPS) is 24.0. The van der Waals surface area contributed by atoms with Gasteiger partial charge in [0, 0.05) is 78.2 Å². The zero-order valence-electron chi connectivity index (χ0n) is 16.7. The van der Waals surface area contributed by atoms with Gasteiger partial charge in [-0.1, -0.05) is 0 Å². The molecule has 1 saturated heterocycles. The minimum absolute atomic E-state index is 0.0338. The van der Waals surface area contributed by atoms with Crippen LogP contribution in [0.15, 0.2) is 37.2 Å². The number of hydrogen-bond acceptors (Lipinski definition) is 6. The average Bonchev–Trinajstić information content (AvgIpc) is 3.44. The summed E-state index contributed by atoms with van der Waals surface area (Å²) in [5.74, 6) is 1.57. The van der Waals surface area contributed by atoms with E-state index < -0.39 is 0 Å². The molecule has 4 aromatic heterocycles. The third kappa shape index (κ3) is 2.65. The van der Waals surface area contributed by atoms with Crippen molar-refractivity contribution in [2.45, 2.75) is 44.2 Å². The van der Waals surface area contributed by atoms with E-state index in [1.54, 1.807) is 6.20 Å². The molecule has 6 rings (SSSR count). The van der Waals surface area contributed by atoms with Crippen LogP contribution >= 0.6 is 0 Å². The van der Waals surface area contributed by atoms with E-state index >= 15 is 0 Å². The Morgan fingerprint density at radius 2 is 2.13 bits per heavy atom. The number of nitrogens with one attached hydrogen (secondary N) is 2. The number of anilines is 1. The number of amides is 1. The Bertz CT molecular complexity index is 1270. The van der Waals surface area contributed by atoms with E-state index in [2.05, 4.69) is 42.1 Å². The minimum atomic E-state index is -0.0338. The van der Waals surface area contributed by atoms with Crippen LogP contribution in [0.4, 0.5) is 5.95 Å². The van der Waals surface area contributed by atoms with Crippen molar-refractivity contribution in [1.82, 2.24) is 34.2 Å². The first-order valence-corrected chi connectivity index (χ1v) is 10.3. The van der Waals surface area contributed by atoms with E-state index in [4.69, 9.17) is 0 Å². The topological polar surface area (TPSA) is 104 Å². The molecule has 4 aromatic rings. The number of carbonyl (C=O) groups is 1. The van der Waals surface area contributed by atoms with Crippen LogP contribution in [0.1, 0.15) is 32.6 Å². The molecule has 5 heterocycles. The number of rotatable bonds is 4. The highest BCUT2D eigenvalue weighted by Gasteiger charge is 2.48. The first-order chi connectivity index (χ1) is 14.6. The van der Waals surface area contributed by atoms with Gasteiger partial charge in [0.05, 0.1) is 0 Å². The number of likely N-dealkylation sites (tertiary alicyclic amines) is 1. The molecular formula is C21H22N8O. The second kappa shape index (κ2) is 6.25. The van der Waals surface area contributed by atoms with Gasteiger partial charge >= 0.3 is 0 Å². The summed E-state index contributed by atoms with van der Waals surface area (Å²) in [5.41, 5.74) is 2.73. The maximum atomic E-state index is 12.1. The summed E-state index contributed by atoms with van der Waals surface area (Å²) in [4.78, 5) is 35.1. The Kier molecular flexibility index (Phi) is 3.62. The summed E-state index contributed by atoms with van der Waals surface area (Å²) < 4.78 is 1.89. The van der Waals surface area contributed by atoms with Crippen molar-refractivity contribution in [2.24, 2.45) is 0 Å². The number of imidazole rings is 1. The summed E-state index contributed by atoms with van der Waals surface area (Å²) in [5, 5.41) is 4.38. The molecule has 0 unspecified atom stereocenters. The average molecular weight is 402 g/mol. The fourth-order valence-electron chi connectivity index (χ4n) is 4.90. The van der Waals surface area contributed by atoms with E-state index in [1.165, 1.54) is 0 Å². The van der Waals surface area contributed by atoms with Crippen molar-refractivity contribution < 1.29 is 4.79 Å². The molecule has 1 aliphatic carbocycles. The summed E-state index contributed by atoms with van der Waals surface area (Å²) in [7, 11) is 0. The van der Waals surface area contributed by atoms with Crippen molar-refractivity contribution in [2.75, 3.05) is 11.9 Å². The first kappa shape index (κ1) is 17.4. The van der Waals surface area contributed by atoms with Crippen molar-refractivity contribution >= 4 is 28.7 Å². The third-order valence-corrected chi connectivity index (χ3v) is 6.42. The molecule has 2 N–H and O–H groups in total. The van der Waals surface area contributed by atoms with Crippen molar-refractivity contribution in [3.05, 3.63) is 37.2 Å². The quantitative estimate of drug-likeness (QED) is 0.544. The van der Waals surface area contributed by atoms with Crippen LogP contribution in [0.2, 0.25) is 0 Å². The zero-order chi connectivity index (χ0) is 20.3. The summed E-state index contributed by atoms with van der Waals surface area (Å²) in [6.45, 7) is 3.07. The molecule has 0 aromatic carbocycles. The summed E-state index contributed by atoms with van der Waals surface area (Å²) in [6.07, 6.45) is 14.7. The number of aromatic amines is 1. The molecule has 2 fully saturated rings. The zero-order valence-corrected chi connectivity index (χ0v) is 16.7. The van der Waals surface area contributed by atoms with Gasteiger partial charge < -0.3 is 15.2 Å². The lowest BCUT2D eigenvalue weighted by Gasteiger charge is -2.51. The number of fused-ring (bicyclic) bond motifs is 2. The molecular weight excluding hydrogens is 380 g/mol. The number of carbonyl (C=O) groups excluding carboxylic acids is 1. The van der Waals surface area contributed by atoms with Gasteiger partial charge in [0.1, 0.15) is 5.65 Å². The third-order valence-electron chi connectivity index (χ3n) is 6.42. The Morgan fingerprint density at radius 3 is 2.97 bits per heavy atom. The van der Waals surface area contributed by atoms with Crippen LogP contribution in [0.25, 0.3) is 27.9 Å². The first-order valence-electron chi connectivity index (χ1n) is 10.3. The Hall–Kier alpha value is -3.49. The molecule has 30 heavy (non-hydrogen) atoms. The Morgan fingerprint density at radius 1 is 1.23 bits per heavy atom. The number of aromatic nitrogens is 6. The van der Waals surface area contributed by atoms with Crippen molar-refractivity contribution in [1.29, 1.82) is 0 Å². The lowest BCUT2D eigenvalue weighted by Crippen LogP contribution is -2.59.